The third-order valence-electron chi connectivity index (χ3n) is 2.80. The smallest absolute Gasteiger partial charge is 0.304 e. The number of hydrogen-bond donors (Lipinski definition) is 2. The highest BCUT2D eigenvalue weighted by molar-refractivity contribution is 5.67. The van der Waals surface area contributed by atoms with Crippen molar-refractivity contribution in [3.63, 3.8) is 0 Å². The molecule has 0 aromatic heterocycles. The molecule has 17 heavy (non-hydrogen) atoms. The van der Waals surface area contributed by atoms with Gasteiger partial charge in [0.05, 0.1) is 6.42 Å². The van der Waals surface area contributed by atoms with Crippen molar-refractivity contribution < 1.29 is 15.0 Å². The van der Waals surface area contributed by atoms with Gasteiger partial charge in [0.25, 0.3) is 0 Å². The van der Waals surface area contributed by atoms with Crippen molar-refractivity contribution >= 4 is 5.97 Å². The van der Waals surface area contributed by atoms with Gasteiger partial charge in [0, 0.05) is 12.6 Å². The van der Waals surface area contributed by atoms with Crippen LogP contribution in [0, 0.1) is 0 Å². The van der Waals surface area contributed by atoms with E-state index >= 15 is 0 Å². The van der Waals surface area contributed by atoms with Crippen LogP contribution in [0.5, 0.6) is 5.75 Å². The van der Waals surface area contributed by atoms with Gasteiger partial charge in [-0.05, 0) is 31.2 Å². The summed E-state index contributed by atoms with van der Waals surface area (Å²) in [6.07, 6.45) is 0.132. The number of aliphatic carboxylic acids is 1. The number of carboxylic acids is 1. The first-order chi connectivity index (χ1) is 8.02. The Labute approximate surface area is 101 Å². The Bertz CT molecular complexity index is 379. The van der Waals surface area contributed by atoms with Crippen LogP contribution < -0.4 is 0 Å². The van der Waals surface area contributed by atoms with Gasteiger partial charge < -0.3 is 10.2 Å². The fourth-order valence-electron chi connectivity index (χ4n) is 1.85. The zero-order valence-electron chi connectivity index (χ0n) is 10.3. The second-order valence-corrected chi connectivity index (χ2v) is 4.18. The monoisotopic (exact) mass is 237 g/mol. The molecule has 94 valence electrons. The number of phenols is 1. The molecule has 1 atom stereocenters. The molecule has 4 nitrogen and oxygen atoms in total. The Morgan fingerprint density at radius 2 is 2.18 bits per heavy atom. The van der Waals surface area contributed by atoms with Crippen molar-refractivity contribution in [1.82, 2.24) is 4.90 Å². The summed E-state index contributed by atoms with van der Waals surface area (Å²) >= 11 is 0. The lowest BCUT2D eigenvalue weighted by Gasteiger charge is -2.26. The molecule has 1 unspecified atom stereocenters. The first-order valence-corrected chi connectivity index (χ1v) is 5.76. The van der Waals surface area contributed by atoms with E-state index in [2.05, 4.69) is 4.90 Å². The Balaban J connectivity index is 2.66. The minimum absolute atomic E-state index is 0.0140. The number of phenolic OH excluding ortho intramolecular Hbond substituents is 1. The van der Waals surface area contributed by atoms with Gasteiger partial charge in [-0.15, -0.1) is 0 Å². The minimum atomic E-state index is -0.785. The van der Waals surface area contributed by atoms with Crippen molar-refractivity contribution in [2.75, 3.05) is 6.54 Å². The summed E-state index contributed by atoms with van der Waals surface area (Å²) in [6.45, 7) is 5.34. The van der Waals surface area contributed by atoms with Gasteiger partial charge in [-0.3, -0.25) is 9.69 Å². The molecule has 2 N–H and O–H groups in total. The first kappa shape index (κ1) is 13.5. The number of hydrogen-bond acceptors (Lipinski definition) is 3. The number of aromatic hydroxyl groups is 1. The average molecular weight is 237 g/mol. The summed E-state index contributed by atoms with van der Waals surface area (Å²) in [5.74, 6) is -0.545. The van der Waals surface area contributed by atoms with Crippen LogP contribution in [0.25, 0.3) is 0 Å². The van der Waals surface area contributed by atoms with Crippen molar-refractivity contribution in [3.8, 4) is 5.75 Å². The third-order valence-corrected chi connectivity index (χ3v) is 2.80. The SMILES string of the molecule is CCN(Cc1cccc(O)c1)C(C)CC(=O)O. The number of carbonyl (C=O) groups is 1. The second kappa shape index (κ2) is 6.25. The van der Waals surface area contributed by atoms with Crippen LogP contribution in [-0.4, -0.2) is 33.7 Å². The van der Waals surface area contributed by atoms with Crippen LogP contribution in [0.15, 0.2) is 24.3 Å². The van der Waals surface area contributed by atoms with Gasteiger partial charge in [0.2, 0.25) is 0 Å². The van der Waals surface area contributed by atoms with Gasteiger partial charge in [0.1, 0.15) is 5.75 Å². The molecule has 0 radical (unpaired) electrons. The maximum Gasteiger partial charge on any atom is 0.304 e. The van der Waals surface area contributed by atoms with E-state index in [1.807, 2.05) is 19.9 Å². The summed E-state index contributed by atoms with van der Waals surface area (Å²) in [4.78, 5) is 12.7. The quantitative estimate of drug-likeness (QED) is 0.795. The van der Waals surface area contributed by atoms with Crippen molar-refractivity contribution in [1.29, 1.82) is 0 Å². The molecular formula is C13H19NO3. The number of benzene rings is 1. The van der Waals surface area contributed by atoms with Gasteiger partial charge in [0.15, 0.2) is 0 Å². The van der Waals surface area contributed by atoms with E-state index in [9.17, 15) is 9.90 Å². The van der Waals surface area contributed by atoms with Crippen LogP contribution in [0.3, 0.4) is 0 Å². The van der Waals surface area contributed by atoms with Gasteiger partial charge in [-0.2, -0.15) is 0 Å². The molecule has 1 aromatic rings. The lowest BCUT2D eigenvalue weighted by molar-refractivity contribution is -0.138. The molecule has 0 saturated carbocycles. The van der Waals surface area contributed by atoms with Crippen molar-refractivity contribution in [3.05, 3.63) is 29.8 Å². The standard InChI is InChI=1S/C13H19NO3/c1-3-14(10(2)7-13(16)17)9-11-5-4-6-12(15)8-11/h4-6,8,10,15H,3,7,9H2,1-2H3,(H,16,17). The maximum absolute atomic E-state index is 10.7. The molecule has 0 heterocycles. The highest BCUT2D eigenvalue weighted by Crippen LogP contribution is 2.15. The Morgan fingerprint density at radius 3 is 2.71 bits per heavy atom. The largest absolute Gasteiger partial charge is 0.508 e. The van der Waals surface area contributed by atoms with E-state index in [0.29, 0.717) is 6.54 Å². The molecule has 1 aromatic carbocycles. The van der Waals surface area contributed by atoms with Crippen LogP contribution in [0.1, 0.15) is 25.8 Å². The molecule has 0 aliphatic carbocycles. The normalized spacial score (nSPS) is 12.6. The summed E-state index contributed by atoms with van der Waals surface area (Å²) in [5.41, 5.74) is 0.990. The predicted molar refractivity (Wildman–Crippen MR) is 65.9 cm³/mol. The summed E-state index contributed by atoms with van der Waals surface area (Å²) < 4.78 is 0. The summed E-state index contributed by atoms with van der Waals surface area (Å²) in [7, 11) is 0. The first-order valence-electron chi connectivity index (χ1n) is 5.76. The lowest BCUT2D eigenvalue weighted by Crippen LogP contribution is -2.34. The predicted octanol–water partition coefficient (Wildman–Crippen LogP) is 2.08. The van der Waals surface area contributed by atoms with Crippen LogP contribution in [-0.2, 0) is 11.3 Å². The van der Waals surface area contributed by atoms with Crippen molar-refractivity contribution in [2.45, 2.75) is 32.9 Å². The van der Waals surface area contributed by atoms with Crippen molar-refractivity contribution in [2.24, 2.45) is 0 Å². The average Bonchev–Trinajstić information content (AvgIpc) is 2.24. The number of rotatable bonds is 6. The van der Waals surface area contributed by atoms with Gasteiger partial charge in [-0.25, -0.2) is 0 Å². The number of carboxylic acid groups (broad SMARTS) is 1. The number of nitrogens with zero attached hydrogens (tertiary/aromatic N) is 1. The van der Waals surface area contributed by atoms with E-state index in [1.165, 1.54) is 0 Å². The Morgan fingerprint density at radius 1 is 1.47 bits per heavy atom. The molecule has 4 heteroatoms. The van der Waals surface area contributed by atoms with Crippen LogP contribution >= 0.6 is 0 Å². The third kappa shape index (κ3) is 4.44. The molecule has 0 spiro atoms. The lowest BCUT2D eigenvalue weighted by atomic mass is 10.1. The molecular weight excluding hydrogens is 218 g/mol. The summed E-state index contributed by atoms with van der Waals surface area (Å²) in [6, 6.07) is 7.03. The fourth-order valence-corrected chi connectivity index (χ4v) is 1.85. The summed E-state index contributed by atoms with van der Waals surface area (Å²) in [5, 5.41) is 18.1. The minimum Gasteiger partial charge on any atom is -0.508 e. The van der Waals surface area contributed by atoms with Crippen LogP contribution in [0.2, 0.25) is 0 Å². The highest BCUT2D eigenvalue weighted by Gasteiger charge is 2.15. The second-order valence-electron chi connectivity index (χ2n) is 4.18. The molecule has 0 bridgehead atoms. The van der Waals surface area contributed by atoms with Gasteiger partial charge >= 0.3 is 5.97 Å². The molecule has 0 fully saturated rings. The molecule has 0 aliphatic heterocycles. The zero-order chi connectivity index (χ0) is 12.8. The van der Waals surface area contributed by atoms with E-state index in [0.717, 1.165) is 12.1 Å². The molecule has 0 saturated heterocycles. The maximum atomic E-state index is 10.7. The topological polar surface area (TPSA) is 60.8 Å². The zero-order valence-corrected chi connectivity index (χ0v) is 10.3. The molecule has 1 rings (SSSR count). The van der Waals surface area contributed by atoms with E-state index < -0.39 is 5.97 Å². The highest BCUT2D eigenvalue weighted by atomic mass is 16.4. The van der Waals surface area contributed by atoms with Gasteiger partial charge in [-0.1, -0.05) is 19.1 Å². The molecule has 0 aliphatic rings. The van der Waals surface area contributed by atoms with Crippen LogP contribution in [0.4, 0.5) is 0 Å². The molecule has 0 amide bonds. The Kier molecular flexibility index (Phi) is 4.97. The fraction of sp³-hybridized carbons (Fsp3) is 0.462. The van der Waals surface area contributed by atoms with E-state index in [-0.39, 0.29) is 18.2 Å². The van der Waals surface area contributed by atoms with E-state index in [1.54, 1.807) is 18.2 Å². The Hall–Kier alpha value is -1.55. The van der Waals surface area contributed by atoms with E-state index in [4.69, 9.17) is 5.11 Å².